The molecule has 1 saturated carbocycles. The Morgan fingerprint density at radius 2 is 2.14 bits per heavy atom. The molecule has 0 atom stereocenters. The first-order valence-electron chi connectivity index (χ1n) is 7.61. The molecule has 3 N–H and O–H groups in total. The minimum atomic E-state index is -0.391. The zero-order valence-corrected chi connectivity index (χ0v) is 12.7. The molecule has 3 rings (SSSR count). The highest BCUT2D eigenvalue weighted by molar-refractivity contribution is 6.03. The van der Waals surface area contributed by atoms with Gasteiger partial charge in [-0.15, -0.1) is 0 Å². The number of aliphatic hydroxyl groups excluding tert-OH is 1. The van der Waals surface area contributed by atoms with E-state index in [1.807, 2.05) is 6.07 Å². The Hall–Kier alpha value is -2.08. The summed E-state index contributed by atoms with van der Waals surface area (Å²) < 4.78 is 6.73. The fourth-order valence-corrected chi connectivity index (χ4v) is 3.26. The second-order valence-electron chi connectivity index (χ2n) is 5.92. The van der Waals surface area contributed by atoms with Gasteiger partial charge in [0, 0.05) is 17.7 Å². The third-order valence-electron chi connectivity index (χ3n) is 4.52. The fourth-order valence-electron chi connectivity index (χ4n) is 3.26. The molecule has 0 bridgehead atoms. The number of esters is 1. The number of methoxy groups -OCH3 is 1. The zero-order chi connectivity index (χ0) is 15.7. The Kier molecular flexibility index (Phi) is 4.02. The molecule has 0 radical (unpaired) electrons. The third-order valence-corrected chi connectivity index (χ3v) is 4.52. The van der Waals surface area contributed by atoms with E-state index in [9.17, 15) is 9.90 Å². The molecule has 22 heavy (non-hydrogen) atoms. The van der Waals surface area contributed by atoms with Gasteiger partial charge in [-0.1, -0.05) is 0 Å². The van der Waals surface area contributed by atoms with E-state index in [4.69, 9.17) is 10.5 Å². The summed E-state index contributed by atoms with van der Waals surface area (Å²) >= 11 is 0. The lowest BCUT2D eigenvalue weighted by atomic mass is 9.86. The minimum Gasteiger partial charge on any atom is -0.464 e. The molecule has 0 amide bonds. The smallest absolute Gasteiger partial charge is 0.356 e. The number of anilines is 1. The van der Waals surface area contributed by atoms with Crippen LogP contribution in [-0.2, 0) is 4.74 Å². The second kappa shape index (κ2) is 5.96. The van der Waals surface area contributed by atoms with Gasteiger partial charge in [0.05, 0.1) is 18.7 Å². The molecule has 6 nitrogen and oxygen atoms in total. The lowest BCUT2D eigenvalue weighted by Crippen LogP contribution is -2.23. The van der Waals surface area contributed by atoms with Gasteiger partial charge in [0.2, 0.25) is 0 Å². The highest BCUT2D eigenvalue weighted by Crippen LogP contribution is 2.34. The van der Waals surface area contributed by atoms with Gasteiger partial charge in [-0.25, -0.2) is 4.79 Å². The van der Waals surface area contributed by atoms with E-state index >= 15 is 0 Å². The van der Waals surface area contributed by atoms with Gasteiger partial charge in [0.15, 0.2) is 5.69 Å². The van der Waals surface area contributed by atoms with E-state index in [0.717, 1.165) is 36.6 Å². The van der Waals surface area contributed by atoms with Crippen molar-refractivity contribution in [3.8, 4) is 0 Å². The van der Waals surface area contributed by atoms with Gasteiger partial charge in [-0.3, -0.25) is 4.68 Å². The summed E-state index contributed by atoms with van der Waals surface area (Å²) in [5.41, 5.74) is 7.66. The molecule has 2 aromatic rings. The number of rotatable bonds is 3. The summed E-state index contributed by atoms with van der Waals surface area (Å²) in [5.74, 6) is -0.0316. The maximum atomic E-state index is 12.2. The molecule has 0 unspecified atom stereocenters. The molecule has 0 saturated heterocycles. The monoisotopic (exact) mass is 303 g/mol. The molecule has 1 aliphatic carbocycles. The Morgan fingerprint density at radius 1 is 1.41 bits per heavy atom. The normalized spacial score (nSPS) is 21.9. The molecular formula is C16H21N3O3. The van der Waals surface area contributed by atoms with E-state index < -0.39 is 5.97 Å². The Labute approximate surface area is 128 Å². The van der Waals surface area contributed by atoms with Crippen molar-refractivity contribution in [3.63, 3.8) is 0 Å². The van der Waals surface area contributed by atoms with Crippen LogP contribution in [-0.4, -0.2) is 34.6 Å². The van der Waals surface area contributed by atoms with Gasteiger partial charge in [-0.05, 0) is 49.8 Å². The zero-order valence-electron chi connectivity index (χ0n) is 12.7. The van der Waals surface area contributed by atoms with Crippen LogP contribution in [0.3, 0.4) is 0 Å². The van der Waals surface area contributed by atoms with Crippen molar-refractivity contribution < 1.29 is 14.6 Å². The molecule has 118 valence electrons. The van der Waals surface area contributed by atoms with Crippen molar-refractivity contribution in [3.05, 3.63) is 23.9 Å². The van der Waals surface area contributed by atoms with Crippen molar-refractivity contribution in [2.45, 2.75) is 31.7 Å². The van der Waals surface area contributed by atoms with Crippen LogP contribution in [0.25, 0.3) is 10.9 Å². The summed E-state index contributed by atoms with van der Waals surface area (Å²) in [5, 5.41) is 14.6. The van der Waals surface area contributed by atoms with Crippen molar-refractivity contribution in [2.75, 3.05) is 19.5 Å². The molecule has 1 aromatic carbocycles. The first kappa shape index (κ1) is 14.8. The maximum Gasteiger partial charge on any atom is 0.356 e. The Balaban J connectivity index is 2.03. The number of aromatic nitrogens is 2. The first-order valence-corrected chi connectivity index (χ1v) is 7.61. The van der Waals surface area contributed by atoms with Crippen molar-refractivity contribution in [1.82, 2.24) is 9.78 Å². The molecule has 1 fully saturated rings. The Bertz CT molecular complexity index is 687. The van der Waals surface area contributed by atoms with Crippen LogP contribution < -0.4 is 5.73 Å². The number of benzene rings is 1. The summed E-state index contributed by atoms with van der Waals surface area (Å²) in [4.78, 5) is 12.2. The summed E-state index contributed by atoms with van der Waals surface area (Å²) in [6.07, 6.45) is 3.69. The Morgan fingerprint density at radius 3 is 2.77 bits per heavy atom. The summed E-state index contributed by atoms with van der Waals surface area (Å²) in [6, 6.07) is 5.53. The van der Waals surface area contributed by atoms with E-state index in [1.54, 1.807) is 16.8 Å². The standard InChI is InChI=1S/C16H21N3O3/c1-22-16(21)15-13-8-11(17)4-7-14(13)18-19(15)12-5-2-10(9-20)3-6-12/h4,7-8,10,12,20H,2-3,5-6,9,17H2,1H3. The average molecular weight is 303 g/mol. The number of aliphatic hydroxyl groups is 1. The largest absolute Gasteiger partial charge is 0.464 e. The quantitative estimate of drug-likeness (QED) is 0.669. The first-order chi connectivity index (χ1) is 10.6. The van der Waals surface area contributed by atoms with Gasteiger partial charge >= 0.3 is 5.97 Å². The number of carbonyl (C=O) groups excluding carboxylic acids is 1. The predicted octanol–water partition coefficient (Wildman–Crippen LogP) is 2.13. The van der Waals surface area contributed by atoms with Gasteiger partial charge in [0.1, 0.15) is 0 Å². The van der Waals surface area contributed by atoms with Crippen LogP contribution in [0.15, 0.2) is 18.2 Å². The summed E-state index contributed by atoms with van der Waals surface area (Å²) in [7, 11) is 1.38. The van der Waals surface area contributed by atoms with Crippen LogP contribution in [0.4, 0.5) is 5.69 Å². The average Bonchev–Trinajstić information content (AvgIpc) is 2.92. The van der Waals surface area contributed by atoms with Gasteiger partial charge < -0.3 is 15.6 Å². The molecule has 1 aliphatic rings. The number of carbonyl (C=O) groups is 1. The predicted molar refractivity (Wildman–Crippen MR) is 83.6 cm³/mol. The van der Waals surface area contributed by atoms with Crippen LogP contribution in [0.1, 0.15) is 42.2 Å². The van der Waals surface area contributed by atoms with Crippen LogP contribution >= 0.6 is 0 Å². The fraction of sp³-hybridized carbons (Fsp3) is 0.500. The number of ether oxygens (including phenoxy) is 1. The van der Waals surface area contributed by atoms with Gasteiger partial charge in [0.25, 0.3) is 0 Å². The van der Waals surface area contributed by atoms with E-state index in [2.05, 4.69) is 5.10 Å². The molecule has 6 heteroatoms. The lowest BCUT2D eigenvalue weighted by molar-refractivity contribution is 0.0581. The lowest BCUT2D eigenvalue weighted by Gasteiger charge is -2.28. The van der Waals surface area contributed by atoms with E-state index in [1.165, 1.54) is 7.11 Å². The topological polar surface area (TPSA) is 90.4 Å². The highest BCUT2D eigenvalue weighted by Gasteiger charge is 2.28. The molecule has 0 spiro atoms. The minimum absolute atomic E-state index is 0.158. The number of nitrogen functional groups attached to an aromatic ring is 1. The maximum absolute atomic E-state index is 12.2. The molecular weight excluding hydrogens is 282 g/mol. The van der Waals surface area contributed by atoms with E-state index in [0.29, 0.717) is 17.3 Å². The molecule has 0 aliphatic heterocycles. The highest BCUT2D eigenvalue weighted by atomic mass is 16.5. The summed E-state index contributed by atoms with van der Waals surface area (Å²) in [6.45, 7) is 0.230. The number of fused-ring (bicyclic) bond motifs is 1. The molecule has 1 aromatic heterocycles. The number of hydrogen-bond donors (Lipinski definition) is 2. The van der Waals surface area contributed by atoms with E-state index in [-0.39, 0.29) is 12.6 Å². The number of nitrogens with zero attached hydrogens (tertiary/aromatic N) is 2. The van der Waals surface area contributed by atoms with Crippen molar-refractivity contribution in [2.24, 2.45) is 5.92 Å². The third kappa shape index (κ3) is 2.54. The van der Waals surface area contributed by atoms with Crippen LogP contribution in [0.2, 0.25) is 0 Å². The number of hydrogen-bond acceptors (Lipinski definition) is 5. The van der Waals surface area contributed by atoms with Crippen molar-refractivity contribution in [1.29, 1.82) is 0 Å². The van der Waals surface area contributed by atoms with Crippen LogP contribution in [0, 0.1) is 5.92 Å². The van der Waals surface area contributed by atoms with Crippen LogP contribution in [0.5, 0.6) is 0 Å². The number of nitrogens with two attached hydrogens (primary N) is 1. The van der Waals surface area contributed by atoms with Crippen molar-refractivity contribution >= 4 is 22.6 Å². The van der Waals surface area contributed by atoms with Gasteiger partial charge in [-0.2, -0.15) is 5.10 Å². The second-order valence-corrected chi connectivity index (χ2v) is 5.92. The SMILES string of the molecule is COC(=O)c1c2cc(N)ccc2nn1C1CCC(CO)CC1. The molecule has 1 heterocycles.